The monoisotopic (exact) mass is 244 g/mol. The highest BCUT2D eigenvalue weighted by molar-refractivity contribution is 7.13. The molecule has 0 atom stereocenters. The van der Waals surface area contributed by atoms with Gasteiger partial charge in [0.25, 0.3) is 0 Å². The molecular weight excluding hydrogens is 228 g/mol. The van der Waals surface area contributed by atoms with Crippen LogP contribution in [0.4, 0.5) is 5.13 Å². The number of carbonyl (C=O) groups is 1. The van der Waals surface area contributed by atoms with Gasteiger partial charge >= 0.3 is 5.97 Å². The van der Waals surface area contributed by atoms with E-state index < -0.39 is 5.97 Å². The number of aromatic carboxylic acids is 1. The number of thiazole rings is 1. The first-order valence-corrected chi connectivity index (χ1v) is 6.17. The lowest BCUT2D eigenvalue weighted by atomic mass is 10.4. The van der Waals surface area contributed by atoms with Gasteiger partial charge in [-0.3, -0.25) is 0 Å². The van der Waals surface area contributed by atoms with Gasteiger partial charge in [-0.15, -0.1) is 11.3 Å². The first-order chi connectivity index (χ1) is 7.77. The largest absolute Gasteiger partial charge is 0.476 e. The van der Waals surface area contributed by atoms with Crippen molar-refractivity contribution in [3.05, 3.63) is 11.1 Å². The van der Waals surface area contributed by atoms with E-state index in [2.05, 4.69) is 4.98 Å². The van der Waals surface area contributed by atoms with Crippen molar-refractivity contribution >= 4 is 22.4 Å². The number of hydrogen-bond donors (Lipinski definition) is 1. The van der Waals surface area contributed by atoms with E-state index in [9.17, 15) is 4.79 Å². The SMILES string of the molecule is CC.O=C(O)c1csc(N2CCOCC2)n1. The number of anilines is 1. The number of morpholine rings is 1. The van der Waals surface area contributed by atoms with Crippen molar-refractivity contribution in [2.75, 3.05) is 31.2 Å². The third-order valence-corrected chi connectivity index (χ3v) is 2.89. The Kier molecular flexibility index (Phi) is 5.21. The average Bonchev–Trinajstić information content (AvgIpc) is 2.82. The Bertz CT molecular complexity index is 335. The second-order valence-corrected chi connectivity index (χ2v) is 3.76. The van der Waals surface area contributed by atoms with Crippen molar-refractivity contribution in [2.45, 2.75) is 13.8 Å². The fraction of sp³-hybridized carbons (Fsp3) is 0.600. The molecule has 90 valence electrons. The van der Waals surface area contributed by atoms with Crippen LogP contribution in [0.3, 0.4) is 0 Å². The fourth-order valence-electron chi connectivity index (χ4n) is 1.26. The Morgan fingerprint density at radius 1 is 1.50 bits per heavy atom. The van der Waals surface area contributed by atoms with Crippen LogP contribution in [0, 0.1) is 0 Å². The molecule has 0 unspecified atom stereocenters. The van der Waals surface area contributed by atoms with Crippen LogP contribution >= 0.6 is 11.3 Å². The zero-order valence-corrected chi connectivity index (χ0v) is 10.3. The predicted octanol–water partition coefficient (Wildman–Crippen LogP) is 1.70. The average molecular weight is 244 g/mol. The molecule has 5 nitrogen and oxygen atoms in total. The zero-order chi connectivity index (χ0) is 12.0. The van der Waals surface area contributed by atoms with Gasteiger partial charge in [-0.25, -0.2) is 9.78 Å². The van der Waals surface area contributed by atoms with Gasteiger partial charge in [-0.05, 0) is 0 Å². The quantitative estimate of drug-likeness (QED) is 0.858. The van der Waals surface area contributed by atoms with E-state index in [0.29, 0.717) is 13.2 Å². The molecule has 1 aromatic rings. The normalized spacial score (nSPS) is 15.2. The number of carboxylic acid groups (broad SMARTS) is 1. The first kappa shape index (κ1) is 12.9. The van der Waals surface area contributed by atoms with Crippen LogP contribution in [0.15, 0.2) is 5.38 Å². The summed E-state index contributed by atoms with van der Waals surface area (Å²) < 4.78 is 5.19. The molecule has 0 saturated carbocycles. The summed E-state index contributed by atoms with van der Waals surface area (Å²) in [6.45, 7) is 6.93. The van der Waals surface area contributed by atoms with Crippen LogP contribution in [0.5, 0.6) is 0 Å². The summed E-state index contributed by atoms with van der Waals surface area (Å²) in [6, 6.07) is 0. The molecule has 0 bridgehead atoms. The molecule has 2 rings (SSSR count). The van der Waals surface area contributed by atoms with Gasteiger partial charge < -0.3 is 14.7 Å². The van der Waals surface area contributed by atoms with Gasteiger partial charge in [0.15, 0.2) is 10.8 Å². The Hall–Kier alpha value is -1.14. The Morgan fingerprint density at radius 3 is 2.62 bits per heavy atom. The minimum absolute atomic E-state index is 0.122. The van der Waals surface area contributed by atoms with E-state index >= 15 is 0 Å². The van der Waals surface area contributed by atoms with Crippen molar-refractivity contribution in [1.29, 1.82) is 0 Å². The Morgan fingerprint density at radius 2 is 2.12 bits per heavy atom. The van der Waals surface area contributed by atoms with Crippen LogP contribution < -0.4 is 4.90 Å². The summed E-state index contributed by atoms with van der Waals surface area (Å²) in [4.78, 5) is 16.7. The van der Waals surface area contributed by atoms with E-state index in [0.717, 1.165) is 18.2 Å². The summed E-state index contributed by atoms with van der Waals surface area (Å²) >= 11 is 1.36. The summed E-state index contributed by atoms with van der Waals surface area (Å²) in [5.41, 5.74) is 0.122. The third kappa shape index (κ3) is 3.18. The molecule has 2 heterocycles. The molecule has 0 aromatic carbocycles. The van der Waals surface area contributed by atoms with Crippen LogP contribution in [0.2, 0.25) is 0 Å². The number of rotatable bonds is 2. The second kappa shape index (κ2) is 6.44. The predicted molar refractivity (Wildman–Crippen MR) is 63.5 cm³/mol. The smallest absolute Gasteiger partial charge is 0.355 e. The van der Waals surface area contributed by atoms with Crippen molar-refractivity contribution in [3.63, 3.8) is 0 Å². The highest BCUT2D eigenvalue weighted by Crippen LogP contribution is 2.21. The van der Waals surface area contributed by atoms with Crippen molar-refractivity contribution in [3.8, 4) is 0 Å². The van der Waals surface area contributed by atoms with E-state index in [1.54, 1.807) is 5.38 Å². The van der Waals surface area contributed by atoms with Gasteiger partial charge in [-0.2, -0.15) is 0 Å². The fourth-order valence-corrected chi connectivity index (χ4v) is 2.12. The lowest BCUT2D eigenvalue weighted by Crippen LogP contribution is -2.36. The maximum Gasteiger partial charge on any atom is 0.355 e. The van der Waals surface area contributed by atoms with Gasteiger partial charge in [0.2, 0.25) is 0 Å². The van der Waals surface area contributed by atoms with Gasteiger partial charge in [0.1, 0.15) is 0 Å². The molecule has 1 saturated heterocycles. The van der Waals surface area contributed by atoms with E-state index in [-0.39, 0.29) is 5.69 Å². The van der Waals surface area contributed by atoms with Gasteiger partial charge in [0.05, 0.1) is 13.2 Å². The molecule has 0 spiro atoms. The number of carboxylic acids is 1. The lowest BCUT2D eigenvalue weighted by Gasteiger charge is -2.25. The van der Waals surface area contributed by atoms with Crippen molar-refractivity contribution in [2.24, 2.45) is 0 Å². The molecule has 0 amide bonds. The number of ether oxygens (including phenoxy) is 1. The van der Waals surface area contributed by atoms with E-state index in [1.807, 2.05) is 18.7 Å². The highest BCUT2D eigenvalue weighted by atomic mass is 32.1. The Balaban J connectivity index is 0.000000606. The second-order valence-electron chi connectivity index (χ2n) is 2.92. The van der Waals surface area contributed by atoms with Crippen LogP contribution in [-0.2, 0) is 4.74 Å². The highest BCUT2D eigenvalue weighted by Gasteiger charge is 2.16. The molecule has 1 aliphatic heterocycles. The van der Waals surface area contributed by atoms with E-state index in [1.165, 1.54) is 11.3 Å². The summed E-state index contributed by atoms with van der Waals surface area (Å²) in [7, 11) is 0. The number of hydrogen-bond acceptors (Lipinski definition) is 5. The maximum atomic E-state index is 10.6. The molecular formula is C10H16N2O3S. The minimum atomic E-state index is -0.972. The molecule has 0 aliphatic carbocycles. The summed E-state index contributed by atoms with van der Waals surface area (Å²) in [6.07, 6.45) is 0. The Labute approximate surface area is 98.7 Å². The van der Waals surface area contributed by atoms with E-state index in [4.69, 9.17) is 9.84 Å². The topological polar surface area (TPSA) is 62.7 Å². The van der Waals surface area contributed by atoms with Crippen LogP contribution in [0.1, 0.15) is 24.3 Å². The van der Waals surface area contributed by atoms with Gasteiger partial charge in [-0.1, -0.05) is 13.8 Å². The minimum Gasteiger partial charge on any atom is -0.476 e. The van der Waals surface area contributed by atoms with Crippen LogP contribution in [-0.4, -0.2) is 42.4 Å². The molecule has 0 radical (unpaired) electrons. The summed E-state index contributed by atoms with van der Waals surface area (Å²) in [5, 5.41) is 11.0. The third-order valence-electron chi connectivity index (χ3n) is 1.99. The molecule has 1 aliphatic rings. The van der Waals surface area contributed by atoms with Crippen LogP contribution in [0.25, 0.3) is 0 Å². The standard InChI is InChI=1S/C8H10N2O3S.C2H6/c11-7(12)6-5-14-8(9-6)10-1-3-13-4-2-10;1-2/h5H,1-4H2,(H,11,12);1-2H3. The molecule has 1 N–H and O–H groups in total. The number of nitrogens with zero attached hydrogens (tertiary/aromatic N) is 2. The molecule has 16 heavy (non-hydrogen) atoms. The maximum absolute atomic E-state index is 10.6. The number of aromatic nitrogens is 1. The first-order valence-electron chi connectivity index (χ1n) is 5.29. The molecule has 6 heteroatoms. The molecule has 1 fully saturated rings. The van der Waals surface area contributed by atoms with Crippen molar-refractivity contribution < 1.29 is 14.6 Å². The summed E-state index contributed by atoms with van der Waals surface area (Å²) in [5.74, 6) is -0.972. The van der Waals surface area contributed by atoms with Gasteiger partial charge in [0, 0.05) is 18.5 Å². The zero-order valence-electron chi connectivity index (χ0n) is 9.47. The molecule has 1 aromatic heterocycles. The lowest BCUT2D eigenvalue weighted by molar-refractivity contribution is 0.0691. The van der Waals surface area contributed by atoms with Crippen molar-refractivity contribution in [1.82, 2.24) is 4.98 Å².